The van der Waals surface area contributed by atoms with E-state index >= 15 is 0 Å². The lowest BCUT2D eigenvalue weighted by Gasteiger charge is -2.13. The van der Waals surface area contributed by atoms with Gasteiger partial charge in [0.25, 0.3) is 0 Å². The van der Waals surface area contributed by atoms with Crippen LogP contribution in [0.15, 0.2) is 77.5 Å². The molecular weight excluding hydrogens is 563 g/mol. The number of fused-ring (bicyclic) bond motifs is 3. The third-order valence-corrected chi connectivity index (χ3v) is 6.96. The Kier molecular flexibility index (Phi) is 7.22. The van der Waals surface area contributed by atoms with Crippen LogP contribution < -0.4 is 9.46 Å². The SMILES string of the molecule is COc1ccc(C(=Cc2c(Cl)cncc2Cl)OC(=O)c2ccccc2)c2c1oc1ccc(NS(C)(=O)=O)cc12. The second-order valence-corrected chi connectivity index (χ2v) is 11.1. The summed E-state index contributed by atoms with van der Waals surface area (Å²) in [4.78, 5) is 17.2. The maximum absolute atomic E-state index is 13.2. The monoisotopic (exact) mass is 582 g/mol. The van der Waals surface area contributed by atoms with E-state index in [4.69, 9.17) is 37.1 Å². The number of carbonyl (C=O) groups is 1. The molecule has 5 aromatic rings. The summed E-state index contributed by atoms with van der Waals surface area (Å²) in [7, 11) is -2.04. The number of aromatic nitrogens is 1. The molecule has 0 unspecified atom stereocenters. The number of anilines is 1. The Morgan fingerprint density at radius 1 is 1.03 bits per heavy atom. The highest BCUT2D eigenvalue weighted by molar-refractivity contribution is 7.92. The average Bonchev–Trinajstić information content (AvgIpc) is 3.28. The van der Waals surface area contributed by atoms with Gasteiger partial charge >= 0.3 is 5.97 Å². The normalized spacial score (nSPS) is 12.1. The van der Waals surface area contributed by atoms with Crippen molar-refractivity contribution in [3.8, 4) is 5.75 Å². The number of carbonyl (C=O) groups excluding carboxylic acids is 1. The lowest BCUT2D eigenvalue weighted by Crippen LogP contribution is -2.09. The molecule has 0 amide bonds. The van der Waals surface area contributed by atoms with E-state index in [-0.39, 0.29) is 15.8 Å². The predicted molar refractivity (Wildman–Crippen MR) is 153 cm³/mol. The summed E-state index contributed by atoms with van der Waals surface area (Å²) in [6.07, 6.45) is 5.46. The Bertz CT molecular complexity index is 1850. The van der Waals surface area contributed by atoms with Crippen molar-refractivity contribution in [2.24, 2.45) is 0 Å². The molecule has 5 rings (SSSR count). The molecule has 2 heterocycles. The molecule has 11 heteroatoms. The fourth-order valence-corrected chi connectivity index (χ4v) is 5.11. The summed E-state index contributed by atoms with van der Waals surface area (Å²) in [5, 5.41) is 1.57. The van der Waals surface area contributed by atoms with Gasteiger partial charge in [-0.25, -0.2) is 13.2 Å². The molecule has 0 atom stereocenters. The molecule has 0 bridgehead atoms. The zero-order chi connectivity index (χ0) is 27.7. The largest absolute Gasteiger partial charge is 0.493 e. The lowest BCUT2D eigenvalue weighted by molar-refractivity contribution is 0.0694. The van der Waals surface area contributed by atoms with Crippen LogP contribution in [0.2, 0.25) is 10.0 Å². The fraction of sp³-hybridized carbons (Fsp3) is 0.0714. The summed E-state index contributed by atoms with van der Waals surface area (Å²) in [6, 6.07) is 16.7. The van der Waals surface area contributed by atoms with Gasteiger partial charge in [0.1, 0.15) is 11.3 Å². The van der Waals surface area contributed by atoms with Crippen LogP contribution in [-0.2, 0) is 14.8 Å². The van der Waals surface area contributed by atoms with Crippen molar-refractivity contribution in [1.82, 2.24) is 4.98 Å². The van der Waals surface area contributed by atoms with Crippen LogP contribution in [0.3, 0.4) is 0 Å². The van der Waals surface area contributed by atoms with Crippen LogP contribution in [0.25, 0.3) is 33.8 Å². The molecule has 2 aromatic heterocycles. The Balaban J connectivity index is 1.79. The number of sulfonamides is 1. The molecule has 1 N–H and O–H groups in total. The quantitative estimate of drug-likeness (QED) is 0.162. The van der Waals surface area contributed by atoms with E-state index in [1.165, 1.54) is 19.5 Å². The van der Waals surface area contributed by atoms with E-state index < -0.39 is 16.0 Å². The molecule has 0 saturated carbocycles. The first-order chi connectivity index (χ1) is 18.6. The first-order valence-electron chi connectivity index (χ1n) is 11.4. The van der Waals surface area contributed by atoms with Gasteiger partial charge in [0.05, 0.1) is 29.0 Å². The number of pyridine rings is 1. The number of furan rings is 1. The van der Waals surface area contributed by atoms with Crippen LogP contribution in [0.5, 0.6) is 5.75 Å². The molecule has 0 aliphatic rings. The summed E-state index contributed by atoms with van der Waals surface area (Å²) >= 11 is 12.8. The van der Waals surface area contributed by atoms with Gasteiger partial charge in [-0.1, -0.05) is 41.4 Å². The van der Waals surface area contributed by atoms with E-state index in [0.29, 0.717) is 50.1 Å². The number of rotatable bonds is 7. The number of halogens is 2. The molecule has 39 heavy (non-hydrogen) atoms. The van der Waals surface area contributed by atoms with Gasteiger partial charge in [-0.15, -0.1) is 0 Å². The second-order valence-electron chi connectivity index (χ2n) is 8.49. The number of nitrogens with one attached hydrogen (secondary N) is 1. The third-order valence-electron chi connectivity index (χ3n) is 5.75. The number of esters is 1. The molecule has 0 fully saturated rings. The van der Waals surface area contributed by atoms with E-state index in [2.05, 4.69) is 9.71 Å². The minimum absolute atomic E-state index is 0.121. The molecule has 198 valence electrons. The van der Waals surface area contributed by atoms with E-state index in [1.54, 1.807) is 66.7 Å². The maximum Gasteiger partial charge on any atom is 0.343 e. The minimum Gasteiger partial charge on any atom is -0.493 e. The molecular formula is C28H20Cl2N2O6S. The third kappa shape index (κ3) is 5.56. The summed E-state index contributed by atoms with van der Waals surface area (Å²) in [5.41, 5.74) is 2.33. The van der Waals surface area contributed by atoms with Gasteiger partial charge in [0, 0.05) is 40.0 Å². The number of hydrogen-bond donors (Lipinski definition) is 1. The van der Waals surface area contributed by atoms with Crippen molar-refractivity contribution < 1.29 is 27.1 Å². The smallest absolute Gasteiger partial charge is 0.343 e. The standard InChI is InChI=1S/C28H20Cl2N2O6S/c1-36-24-11-9-18(26-20-12-17(32-39(2,34)35)8-10-23(20)37-27(24)26)25(13-19-21(29)14-31-15-22(19)30)38-28(33)16-6-4-3-5-7-16/h3-15,32H,1-2H3. The van der Waals surface area contributed by atoms with Crippen molar-refractivity contribution in [3.05, 3.63) is 99.8 Å². The van der Waals surface area contributed by atoms with Gasteiger partial charge in [-0.2, -0.15) is 0 Å². The van der Waals surface area contributed by atoms with Crippen molar-refractivity contribution in [2.75, 3.05) is 18.1 Å². The second kappa shape index (κ2) is 10.6. The van der Waals surface area contributed by atoms with Crippen molar-refractivity contribution in [2.45, 2.75) is 0 Å². The van der Waals surface area contributed by atoms with Gasteiger partial charge in [-0.05, 0) is 48.5 Å². The molecule has 0 aliphatic carbocycles. The fourth-order valence-electron chi connectivity index (χ4n) is 4.09. The highest BCUT2D eigenvalue weighted by Gasteiger charge is 2.22. The molecule has 0 spiro atoms. The van der Waals surface area contributed by atoms with Crippen LogP contribution >= 0.6 is 23.2 Å². The van der Waals surface area contributed by atoms with Gasteiger partial charge in [-0.3, -0.25) is 9.71 Å². The molecule has 0 aliphatic heterocycles. The summed E-state index contributed by atoms with van der Waals surface area (Å²) in [6.45, 7) is 0. The van der Waals surface area contributed by atoms with Crippen molar-refractivity contribution in [1.29, 1.82) is 0 Å². The zero-order valence-electron chi connectivity index (χ0n) is 20.6. The van der Waals surface area contributed by atoms with Crippen LogP contribution in [0.4, 0.5) is 5.69 Å². The van der Waals surface area contributed by atoms with Gasteiger partial charge < -0.3 is 13.9 Å². The van der Waals surface area contributed by atoms with E-state index in [0.717, 1.165) is 6.26 Å². The first kappa shape index (κ1) is 26.6. The van der Waals surface area contributed by atoms with Gasteiger partial charge in [0.2, 0.25) is 10.0 Å². The Labute approximate surface area is 233 Å². The van der Waals surface area contributed by atoms with E-state index in [9.17, 15) is 13.2 Å². The minimum atomic E-state index is -3.54. The Hall–Kier alpha value is -4.05. The molecule has 3 aromatic carbocycles. The lowest BCUT2D eigenvalue weighted by atomic mass is 10.0. The van der Waals surface area contributed by atoms with Crippen LogP contribution in [0, 0.1) is 0 Å². The molecule has 0 saturated heterocycles. The van der Waals surface area contributed by atoms with Crippen molar-refractivity contribution >= 4 is 78.7 Å². The summed E-state index contributed by atoms with van der Waals surface area (Å²) < 4.78 is 43.8. The van der Waals surface area contributed by atoms with Crippen molar-refractivity contribution in [3.63, 3.8) is 0 Å². The maximum atomic E-state index is 13.2. The van der Waals surface area contributed by atoms with Crippen LogP contribution in [0.1, 0.15) is 21.5 Å². The molecule has 8 nitrogen and oxygen atoms in total. The number of methoxy groups -OCH3 is 1. The van der Waals surface area contributed by atoms with Crippen LogP contribution in [-0.4, -0.2) is 32.7 Å². The number of hydrogen-bond acceptors (Lipinski definition) is 7. The summed E-state index contributed by atoms with van der Waals surface area (Å²) in [5.74, 6) is -0.0636. The Morgan fingerprint density at radius 3 is 2.41 bits per heavy atom. The predicted octanol–water partition coefficient (Wildman–Crippen LogP) is 7.02. The number of nitrogens with zero attached hydrogens (tertiary/aromatic N) is 1. The van der Waals surface area contributed by atoms with E-state index in [1.807, 2.05) is 0 Å². The highest BCUT2D eigenvalue weighted by Crippen LogP contribution is 2.42. The highest BCUT2D eigenvalue weighted by atomic mass is 35.5. The molecule has 0 radical (unpaired) electrons. The Morgan fingerprint density at radius 2 is 1.74 bits per heavy atom. The number of ether oxygens (including phenoxy) is 2. The topological polar surface area (TPSA) is 108 Å². The zero-order valence-corrected chi connectivity index (χ0v) is 22.9. The average molecular weight is 583 g/mol. The number of benzene rings is 3. The first-order valence-corrected chi connectivity index (χ1v) is 14.1. The van der Waals surface area contributed by atoms with Gasteiger partial charge in [0.15, 0.2) is 11.3 Å².